The molecule has 0 heterocycles. The fourth-order valence-corrected chi connectivity index (χ4v) is 4.01. The maximum Gasteiger partial charge on any atom is 0.416 e. The molecule has 11 heteroatoms. The van der Waals surface area contributed by atoms with Crippen LogP contribution in [0.15, 0.2) is 54.6 Å². The lowest BCUT2D eigenvalue weighted by molar-refractivity contribution is -0.156. The van der Waals surface area contributed by atoms with Crippen LogP contribution >= 0.6 is 0 Å². The number of fused-ring (bicyclic) bond motifs is 1. The minimum absolute atomic E-state index is 0.0325. The van der Waals surface area contributed by atoms with Gasteiger partial charge in [0, 0.05) is 23.8 Å². The third kappa shape index (κ3) is 5.09. The lowest BCUT2D eigenvalue weighted by Gasteiger charge is -2.40. The molecule has 0 radical (unpaired) electrons. The van der Waals surface area contributed by atoms with E-state index in [0.717, 1.165) is 0 Å². The molecule has 190 valence electrons. The number of alkyl halides is 6. The fraction of sp³-hybridized carbons (Fsp3) is 0.280. The van der Waals surface area contributed by atoms with Gasteiger partial charge in [-0.15, -0.1) is 0 Å². The molecule has 1 aliphatic carbocycles. The van der Waals surface area contributed by atoms with Gasteiger partial charge >= 0.3 is 12.4 Å². The Morgan fingerprint density at radius 3 is 2.31 bits per heavy atom. The molecule has 0 unspecified atom stereocenters. The summed E-state index contributed by atoms with van der Waals surface area (Å²) >= 11 is 0. The standard InChI is InChI=1S/C25H19F6NO4/c26-24(27,28)17-8-6-16(20(12-17)25(29,30)31)13-35-21-18-5-2-1-4-15(18)7-9-19(21)22(34)32-23(36-14-33)10-3-11-23/h1-2,4-9,12,14H,3,10-11,13H2,(H,32,34). The molecule has 0 atom stereocenters. The Balaban J connectivity index is 1.71. The molecule has 3 aromatic carbocycles. The van der Waals surface area contributed by atoms with Gasteiger partial charge in [0.05, 0.1) is 16.7 Å². The first kappa shape index (κ1) is 25.3. The van der Waals surface area contributed by atoms with Gasteiger partial charge < -0.3 is 14.8 Å². The quantitative estimate of drug-likeness (QED) is 0.232. The zero-order valence-corrected chi connectivity index (χ0v) is 18.5. The first-order valence-corrected chi connectivity index (χ1v) is 10.8. The van der Waals surface area contributed by atoms with Gasteiger partial charge in [-0.3, -0.25) is 9.59 Å². The molecule has 3 aromatic rings. The molecule has 0 bridgehead atoms. The first-order chi connectivity index (χ1) is 16.9. The third-order valence-corrected chi connectivity index (χ3v) is 6.02. The average molecular weight is 511 g/mol. The van der Waals surface area contributed by atoms with Crippen molar-refractivity contribution in [2.45, 2.75) is 43.9 Å². The molecular weight excluding hydrogens is 492 g/mol. The lowest BCUT2D eigenvalue weighted by Crippen LogP contribution is -2.55. The summed E-state index contributed by atoms with van der Waals surface area (Å²) in [5, 5.41) is 3.66. The Bertz CT molecular complexity index is 1300. The molecule has 1 saturated carbocycles. The number of rotatable bonds is 7. The lowest BCUT2D eigenvalue weighted by atomic mass is 9.87. The van der Waals surface area contributed by atoms with E-state index >= 15 is 0 Å². The van der Waals surface area contributed by atoms with Crippen molar-refractivity contribution >= 4 is 23.2 Å². The Kier molecular flexibility index (Phi) is 6.59. The van der Waals surface area contributed by atoms with Crippen LogP contribution in [0, 0.1) is 0 Å². The number of benzene rings is 3. The van der Waals surface area contributed by atoms with Crippen molar-refractivity contribution in [3.63, 3.8) is 0 Å². The highest BCUT2D eigenvalue weighted by Crippen LogP contribution is 2.39. The third-order valence-electron chi connectivity index (χ3n) is 6.02. The first-order valence-electron chi connectivity index (χ1n) is 10.8. The van der Waals surface area contributed by atoms with Gasteiger partial charge in [-0.25, -0.2) is 0 Å². The summed E-state index contributed by atoms with van der Waals surface area (Å²) in [6.07, 6.45) is -8.53. The summed E-state index contributed by atoms with van der Waals surface area (Å²) in [6.45, 7) is -0.530. The molecule has 0 saturated heterocycles. The number of hydrogen-bond donors (Lipinski definition) is 1. The second-order valence-electron chi connectivity index (χ2n) is 8.34. The second kappa shape index (κ2) is 9.36. The average Bonchev–Trinajstić information content (AvgIpc) is 2.79. The predicted molar refractivity (Wildman–Crippen MR) is 116 cm³/mol. The Hall–Kier alpha value is -3.76. The topological polar surface area (TPSA) is 64.6 Å². The van der Waals surface area contributed by atoms with Crippen LogP contribution in [0.1, 0.15) is 46.3 Å². The van der Waals surface area contributed by atoms with Crippen molar-refractivity contribution in [3.05, 3.63) is 76.9 Å². The number of ether oxygens (including phenoxy) is 2. The van der Waals surface area contributed by atoms with Gasteiger partial charge in [0.25, 0.3) is 12.4 Å². The summed E-state index contributed by atoms with van der Waals surface area (Å²) in [4.78, 5) is 24.0. The Morgan fingerprint density at radius 1 is 0.972 bits per heavy atom. The van der Waals surface area contributed by atoms with Crippen molar-refractivity contribution < 1.29 is 45.4 Å². The zero-order valence-electron chi connectivity index (χ0n) is 18.5. The number of carbonyl (C=O) groups is 2. The van der Waals surface area contributed by atoms with Gasteiger partial charge in [0.1, 0.15) is 12.4 Å². The minimum Gasteiger partial charge on any atom is -0.487 e. The van der Waals surface area contributed by atoms with Gasteiger partial charge in [-0.05, 0) is 30.0 Å². The van der Waals surface area contributed by atoms with E-state index in [4.69, 9.17) is 9.47 Å². The van der Waals surface area contributed by atoms with Crippen molar-refractivity contribution in [3.8, 4) is 5.75 Å². The molecule has 1 fully saturated rings. The van der Waals surface area contributed by atoms with E-state index in [1.54, 1.807) is 30.3 Å². The molecule has 1 amide bonds. The van der Waals surface area contributed by atoms with E-state index in [9.17, 15) is 35.9 Å². The summed E-state index contributed by atoms with van der Waals surface area (Å²) in [5.74, 6) is -0.736. The molecule has 1 aliphatic rings. The molecule has 0 aromatic heterocycles. The largest absolute Gasteiger partial charge is 0.487 e. The van der Waals surface area contributed by atoms with Crippen LogP contribution < -0.4 is 10.1 Å². The van der Waals surface area contributed by atoms with Crippen LogP contribution in [0.25, 0.3) is 10.8 Å². The molecule has 1 N–H and O–H groups in total. The van der Waals surface area contributed by atoms with Crippen LogP contribution in [-0.4, -0.2) is 18.1 Å². The summed E-state index contributed by atoms with van der Waals surface area (Å²) < 4.78 is 90.5. The van der Waals surface area contributed by atoms with Gasteiger partial charge in [-0.1, -0.05) is 36.4 Å². The van der Waals surface area contributed by atoms with Crippen molar-refractivity contribution in [1.29, 1.82) is 0 Å². The van der Waals surface area contributed by atoms with Crippen LogP contribution in [-0.2, 0) is 28.5 Å². The normalized spacial score (nSPS) is 15.2. The monoisotopic (exact) mass is 511 g/mol. The summed E-state index contributed by atoms with van der Waals surface area (Å²) in [5.41, 5.74) is -4.68. The highest BCUT2D eigenvalue weighted by molar-refractivity contribution is 6.04. The molecule has 4 rings (SSSR count). The van der Waals surface area contributed by atoms with Crippen molar-refractivity contribution in [1.82, 2.24) is 5.32 Å². The van der Waals surface area contributed by atoms with Crippen molar-refractivity contribution in [2.75, 3.05) is 0 Å². The maximum atomic E-state index is 13.6. The predicted octanol–water partition coefficient (Wildman–Crippen LogP) is 6.24. The van der Waals surface area contributed by atoms with Gasteiger partial charge in [0.15, 0.2) is 5.72 Å². The number of hydrogen-bond acceptors (Lipinski definition) is 4. The molecule has 0 aliphatic heterocycles. The van der Waals surface area contributed by atoms with E-state index in [0.29, 0.717) is 42.2 Å². The highest BCUT2D eigenvalue weighted by Gasteiger charge is 2.41. The van der Waals surface area contributed by atoms with Crippen LogP contribution in [0.4, 0.5) is 26.3 Å². The minimum atomic E-state index is -5.07. The summed E-state index contributed by atoms with van der Waals surface area (Å²) in [6, 6.07) is 11.0. The maximum absolute atomic E-state index is 13.6. The second-order valence-corrected chi connectivity index (χ2v) is 8.34. The van der Waals surface area contributed by atoms with E-state index in [-0.39, 0.29) is 23.9 Å². The van der Waals surface area contributed by atoms with Crippen LogP contribution in [0.3, 0.4) is 0 Å². The van der Waals surface area contributed by atoms with Gasteiger partial charge in [-0.2, -0.15) is 26.3 Å². The smallest absolute Gasteiger partial charge is 0.416 e. The SMILES string of the molecule is O=COC1(NC(=O)c2ccc3ccccc3c2OCc2ccc(C(F)(F)F)cc2C(F)(F)F)CCC1. The van der Waals surface area contributed by atoms with E-state index in [2.05, 4.69) is 5.32 Å². The van der Waals surface area contributed by atoms with E-state index in [1.165, 1.54) is 6.07 Å². The zero-order chi connectivity index (χ0) is 26.1. The van der Waals surface area contributed by atoms with E-state index in [1.807, 2.05) is 0 Å². The molecule has 36 heavy (non-hydrogen) atoms. The Morgan fingerprint density at radius 2 is 1.69 bits per heavy atom. The molecular formula is C25H19F6NO4. The number of carbonyl (C=O) groups excluding carboxylic acids is 2. The fourth-order valence-electron chi connectivity index (χ4n) is 4.01. The summed E-state index contributed by atoms with van der Waals surface area (Å²) in [7, 11) is 0. The molecule has 5 nitrogen and oxygen atoms in total. The van der Waals surface area contributed by atoms with Gasteiger partial charge in [0.2, 0.25) is 0 Å². The number of amides is 1. The highest BCUT2D eigenvalue weighted by atomic mass is 19.4. The molecule has 0 spiro atoms. The van der Waals surface area contributed by atoms with Crippen molar-refractivity contribution in [2.24, 2.45) is 0 Å². The van der Waals surface area contributed by atoms with E-state index < -0.39 is 47.3 Å². The number of nitrogens with one attached hydrogen (secondary N) is 1. The Labute approximate surface area is 201 Å². The van der Waals surface area contributed by atoms with Crippen LogP contribution in [0.2, 0.25) is 0 Å². The number of halogens is 6. The van der Waals surface area contributed by atoms with Crippen LogP contribution in [0.5, 0.6) is 5.75 Å².